The third kappa shape index (κ3) is 3.78. The molecule has 2 N–H and O–H groups in total. The lowest BCUT2D eigenvalue weighted by Crippen LogP contribution is -2.35. The average molecular weight is 294 g/mol. The number of rotatable bonds is 7. The molecule has 1 saturated heterocycles. The molecule has 1 atom stereocenters. The Morgan fingerprint density at radius 3 is 2.33 bits per heavy atom. The third-order valence-electron chi connectivity index (χ3n) is 3.59. The molecule has 0 radical (unpaired) electrons. The normalized spacial score (nSPS) is 17.5. The van der Waals surface area contributed by atoms with Crippen molar-refractivity contribution in [1.29, 1.82) is 0 Å². The van der Waals surface area contributed by atoms with Crippen molar-refractivity contribution in [2.24, 2.45) is 0 Å². The molecule has 2 rings (SSSR count). The zero-order chi connectivity index (χ0) is 15.2. The Balaban J connectivity index is 2.02. The Bertz CT molecular complexity index is 479. The molecule has 6 heteroatoms. The molecule has 21 heavy (non-hydrogen) atoms. The predicted molar refractivity (Wildman–Crippen MR) is 79.0 cm³/mol. The number of methoxy groups -OCH3 is 3. The smallest absolute Gasteiger partial charge is 0.220 e. The van der Waals surface area contributed by atoms with Crippen LogP contribution in [0.2, 0.25) is 0 Å². The fourth-order valence-corrected chi connectivity index (χ4v) is 2.45. The first-order chi connectivity index (χ1) is 10.2. The van der Waals surface area contributed by atoms with E-state index in [1.807, 2.05) is 12.1 Å². The second kappa shape index (κ2) is 7.17. The molecule has 1 fully saturated rings. The van der Waals surface area contributed by atoms with Gasteiger partial charge < -0.3 is 24.8 Å². The van der Waals surface area contributed by atoms with Gasteiger partial charge in [-0.3, -0.25) is 4.79 Å². The quantitative estimate of drug-likeness (QED) is 0.787. The van der Waals surface area contributed by atoms with Gasteiger partial charge >= 0.3 is 0 Å². The zero-order valence-corrected chi connectivity index (χ0v) is 12.7. The van der Waals surface area contributed by atoms with E-state index in [-0.39, 0.29) is 11.9 Å². The van der Waals surface area contributed by atoms with Crippen LogP contribution in [0.1, 0.15) is 18.4 Å². The maximum atomic E-state index is 11.2. The van der Waals surface area contributed by atoms with E-state index in [0.717, 1.165) is 18.5 Å². The van der Waals surface area contributed by atoms with E-state index in [4.69, 9.17) is 14.2 Å². The fraction of sp³-hybridized carbons (Fsp3) is 0.533. The van der Waals surface area contributed by atoms with E-state index in [2.05, 4.69) is 10.6 Å². The summed E-state index contributed by atoms with van der Waals surface area (Å²) in [6, 6.07) is 3.86. The number of ether oxygens (including phenoxy) is 3. The van der Waals surface area contributed by atoms with Gasteiger partial charge in [-0.1, -0.05) is 0 Å². The van der Waals surface area contributed by atoms with Crippen molar-refractivity contribution in [2.75, 3.05) is 27.9 Å². The van der Waals surface area contributed by atoms with Crippen molar-refractivity contribution >= 4 is 5.91 Å². The molecule has 0 bridgehead atoms. The first-order valence-electron chi connectivity index (χ1n) is 6.97. The van der Waals surface area contributed by atoms with Crippen LogP contribution in [0.4, 0.5) is 0 Å². The van der Waals surface area contributed by atoms with Crippen LogP contribution in [0.15, 0.2) is 12.1 Å². The summed E-state index contributed by atoms with van der Waals surface area (Å²) in [4.78, 5) is 11.2. The van der Waals surface area contributed by atoms with Crippen LogP contribution in [-0.2, 0) is 11.3 Å². The molecule has 116 valence electrons. The van der Waals surface area contributed by atoms with Crippen molar-refractivity contribution in [3.63, 3.8) is 0 Å². The highest BCUT2D eigenvalue weighted by atomic mass is 16.5. The molecule has 1 aliphatic heterocycles. The second-order valence-corrected chi connectivity index (χ2v) is 4.94. The van der Waals surface area contributed by atoms with Gasteiger partial charge in [0.1, 0.15) is 17.2 Å². The summed E-state index contributed by atoms with van der Waals surface area (Å²) in [6.45, 7) is 1.33. The summed E-state index contributed by atoms with van der Waals surface area (Å²) in [7, 11) is 4.85. The van der Waals surface area contributed by atoms with E-state index in [0.29, 0.717) is 30.2 Å². The SMILES string of the molecule is COc1cc(OC)c(CNCC2CCC(=O)N2)c(OC)c1. The standard InChI is InChI=1S/C15H22N2O4/c1-19-11-6-13(20-2)12(14(7-11)21-3)9-16-8-10-4-5-15(18)17-10/h6-7,10,16H,4-5,8-9H2,1-3H3,(H,17,18). The summed E-state index contributed by atoms with van der Waals surface area (Å²) in [5.74, 6) is 2.25. The second-order valence-electron chi connectivity index (χ2n) is 4.94. The van der Waals surface area contributed by atoms with Gasteiger partial charge in [0.15, 0.2) is 0 Å². The highest BCUT2D eigenvalue weighted by molar-refractivity contribution is 5.78. The molecule has 0 aliphatic carbocycles. The molecule has 1 aromatic carbocycles. The third-order valence-corrected chi connectivity index (χ3v) is 3.59. The van der Waals surface area contributed by atoms with E-state index in [9.17, 15) is 4.79 Å². The van der Waals surface area contributed by atoms with Gasteiger partial charge in [0.25, 0.3) is 0 Å². The molecule has 1 unspecified atom stereocenters. The van der Waals surface area contributed by atoms with Crippen LogP contribution >= 0.6 is 0 Å². The molecule has 1 amide bonds. The van der Waals surface area contributed by atoms with Gasteiger partial charge in [-0.05, 0) is 6.42 Å². The Hall–Kier alpha value is -1.95. The molecule has 1 aliphatic rings. The molecule has 0 spiro atoms. The van der Waals surface area contributed by atoms with Crippen molar-refractivity contribution in [3.05, 3.63) is 17.7 Å². The summed E-state index contributed by atoms with van der Waals surface area (Å²) < 4.78 is 16.0. The molecular formula is C15H22N2O4. The highest BCUT2D eigenvalue weighted by Crippen LogP contribution is 2.33. The summed E-state index contributed by atoms with van der Waals surface area (Å²) in [5, 5.41) is 6.27. The minimum atomic E-state index is 0.126. The summed E-state index contributed by atoms with van der Waals surface area (Å²) in [5.41, 5.74) is 0.935. The van der Waals surface area contributed by atoms with Crippen LogP contribution in [0, 0.1) is 0 Å². The lowest BCUT2D eigenvalue weighted by atomic mass is 10.1. The topological polar surface area (TPSA) is 68.8 Å². The number of carbonyl (C=O) groups excluding carboxylic acids is 1. The van der Waals surface area contributed by atoms with Gasteiger partial charge in [0.05, 0.1) is 26.9 Å². The Kier molecular flexibility index (Phi) is 5.27. The zero-order valence-electron chi connectivity index (χ0n) is 12.7. The van der Waals surface area contributed by atoms with E-state index in [1.165, 1.54) is 0 Å². The Labute approximate surface area is 124 Å². The number of hydrogen-bond acceptors (Lipinski definition) is 5. The summed E-state index contributed by atoms with van der Waals surface area (Å²) in [6.07, 6.45) is 1.49. The van der Waals surface area contributed by atoms with Gasteiger partial charge in [-0.25, -0.2) is 0 Å². The number of hydrogen-bond donors (Lipinski definition) is 2. The average Bonchev–Trinajstić information content (AvgIpc) is 2.92. The number of amides is 1. The number of carbonyl (C=O) groups is 1. The molecule has 1 heterocycles. The van der Waals surface area contributed by atoms with Crippen LogP contribution in [0.25, 0.3) is 0 Å². The van der Waals surface area contributed by atoms with Crippen molar-refractivity contribution in [2.45, 2.75) is 25.4 Å². The number of benzene rings is 1. The maximum Gasteiger partial charge on any atom is 0.220 e. The van der Waals surface area contributed by atoms with Crippen LogP contribution in [-0.4, -0.2) is 39.8 Å². The fourth-order valence-electron chi connectivity index (χ4n) is 2.45. The lowest BCUT2D eigenvalue weighted by molar-refractivity contribution is -0.119. The maximum absolute atomic E-state index is 11.2. The van der Waals surface area contributed by atoms with Crippen LogP contribution < -0.4 is 24.8 Å². The van der Waals surface area contributed by atoms with Gasteiger partial charge in [-0.2, -0.15) is 0 Å². The van der Waals surface area contributed by atoms with Crippen molar-refractivity contribution in [3.8, 4) is 17.2 Å². The molecular weight excluding hydrogens is 272 g/mol. The van der Waals surface area contributed by atoms with Gasteiger partial charge in [0, 0.05) is 37.7 Å². The molecule has 0 aromatic heterocycles. The minimum absolute atomic E-state index is 0.126. The van der Waals surface area contributed by atoms with Gasteiger partial charge in [-0.15, -0.1) is 0 Å². The molecule has 1 aromatic rings. The molecule has 6 nitrogen and oxygen atoms in total. The largest absolute Gasteiger partial charge is 0.496 e. The first kappa shape index (κ1) is 15.4. The van der Waals surface area contributed by atoms with E-state index < -0.39 is 0 Å². The van der Waals surface area contributed by atoms with Crippen LogP contribution in [0.3, 0.4) is 0 Å². The van der Waals surface area contributed by atoms with Gasteiger partial charge in [0.2, 0.25) is 5.91 Å². The minimum Gasteiger partial charge on any atom is -0.496 e. The predicted octanol–water partition coefficient (Wildman–Crippen LogP) is 1.08. The summed E-state index contributed by atoms with van der Waals surface area (Å²) >= 11 is 0. The molecule has 0 saturated carbocycles. The Morgan fingerprint density at radius 1 is 1.19 bits per heavy atom. The lowest BCUT2D eigenvalue weighted by Gasteiger charge is -2.17. The van der Waals surface area contributed by atoms with Crippen molar-refractivity contribution in [1.82, 2.24) is 10.6 Å². The monoisotopic (exact) mass is 294 g/mol. The van der Waals surface area contributed by atoms with Crippen LogP contribution in [0.5, 0.6) is 17.2 Å². The van der Waals surface area contributed by atoms with Crippen molar-refractivity contribution < 1.29 is 19.0 Å². The highest BCUT2D eigenvalue weighted by Gasteiger charge is 2.20. The van der Waals surface area contributed by atoms with E-state index >= 15 is 0 Å². The Morgan fingerprint density at radius 2 is 1.86 bits per heavy atom. The van der Waals surface area contributed by atoms with E-state index in [1.54, 1.807) is 21.3 Å². The number of nitrogens with one attached hydrogen (secondary N) is 2. The first-order valence-corrected chi connectivity index (χ1v) is 6.97.